The van der Waals surface area contributed by atoms with E-state index in [0.29, 0.717) is 5.92 Å². The van der Waals surface area contributed by atoms with Crippen molar-refractivity contribution < 1.29 is 0 Å². The van der Waals surface area contributed by atoms with Crippen LogP contribution >= 0.6 is 11.8 Å². The summed E-state index contributed by atoms with van der Waals surface area (Å²) < 4.78 is 0. The highest BCUT2D eigenvalue weighted by Gasteiger charge is 2.21. The summed E-state index contributed by atoms with van der Waals surface area (Å²) in [7, 11) is 0. The molecule has 0 unspecified atom stereocenters. The van der Waals surface area contributed by atoms with Crippen LogP contribution in [0.25, 0.3) is 0 Å². The first kappa shape index (κ1) is 13.4. The third-order valence-electron chi connectivity index (χ3n) is 3.47. The summed E-state index contributed by atoms with van der Waals surface area (Å²) in [5, 5.41) is 10.4. The predicted molar refractivity (Wildman–Crippen MR) is 75.9 cm³/mol. The van der Waals surface area contributed by atoms with Crippen molar-refractivity contribution in [2.45, 2.75) is 51.0 Å². The van der Waals surface area contributed by atoms with Crippen LogP contribution in [0, 0.1) is 17.2 Å². The molecule has 2 rings (SSSR count). The van der Waals surface area contributed by atoms with Gasteiger partial charge in [-0.3, -0.25) is 0 Å². The normalized spacial score (nSPS) is 14.4. The quantitative estimate of drug-likeness (QED) is 0.777. The maximum atomic E-state index is 9.44. The molecule has 1 aromatic heterocycles. The molecule has 0 N–H and O–H groups in total. The van der Waals surface area contributed by atoms with Crippen LogP contribution < -0.4 is 0 Å². The minimum Gasteiger partial charge on any atom is -0.245 e. The summed E-state index contributed by atoms with van der Waals surface area (Å²) >= 11 is 1.60. The first-order chi connectivity index (χ1) is 8.67. The van der Waals surface area contributed by atoms with Gasteiger partial charge in [0.1, 0.15) is 11.1 Å². The number of nitrogens with zero attached hydrogens (tertiary/aromatic N) is 2. The molecule has 0 amide bonds. The molecular weight excluding hydrogens is 240 g/mol. The van der Waals surface area contributed by atoms with Crippen molar-refractivity contribution in [3.8, 4) is 6.07 Å². The van der Waals surface area contributed by atoms with Crippen molar-refractivity contribution in [2.75, 3.05) is 6.26 Å². The Hall–Kier alpha value is -1.01. The largest absolute Gasteiger partial charge is 0.245 e. The van der Waals surface area contributed by atoms with Crippen molar-refractivity contribution in [1.82, 2.24) is 4.98 Å². The molecule has 2 nitrogen and oxygen atoms in total. The number of aromatic nitrogens is 1. The minimum atomic E-state index is 0.584. The maximum Gasteiger partial charge on any atom is 0.114 e. The Labute approximate surface area is 114 Å². The molecule has 1 aliphatic carbocycles. The van der Waals surface area contributed by atoms with E-state index in [1.54, 1.807) is 11.8 Å². The third-order valence-corrected chi connectivity index (χ3v) is 4.15. The molecule has 0 aromatic carbocycles. The fourth-order valence-corrected chi connectivity index (χ4v) is 3.27. The summed E-state index contributed by atoms with van der Waals surface area (Å²) in [5.41, 5.74) is 4.74. The van der Waals surface area contributed by atoms with Gasteiger partial charge in [-0.1, -0.05) is 13.8 Å². The highest BCUT2D eigenvalue weighted by Crippen LogP contribution is 2.32. The predicted octanol–water partition coefficient (Wildman–Crippen LogP) is 3.75. The van der Waals surface area contributed by atoms with Gasteiger partial charge in [-0.25, -0.2) is 4.98 Å². The van der Waals surface area contributed by atoms with E-state index < -0.39 is 0 Å². The van der Waals surface area contributed by atoms with Gasteiger partial charge in [0, 0.05) is 5.69 Å². The lowest BCUT2D eigenvalue weighted by Crippen LogP contribution is -2.13. The van der Waals surface area contributed by atoms with Crippen molar-refractivity contribution in [2.24, 2.45) is 5.92 Å². The molecule has 0 aliphatic heterocycles. The molecule has 0 radical (unpaired) electrons. The molecule has 1 aromatic rings. The summed E-state index contributed by atoms with van der Waals surface area (Å²) in [5.74, 6) is 0.584. The SMILES string of the molecule is CSc1nc2c(c(CC(C)C)c1C#N)CCCC2. The number of fused-ring (bicyclic) bond motifs is 1. The molecule has 0 bridgehead atoms. The zero-order chi connectivity index (χ0) is 13.1. The zero-order valence-electron chi connectivity index (χ0n) is 11.4. The number of pyridine rings is 1. The maximum absolute atomic E-state index is 9.44. The fraction of sp³-hybridized carbons (Fsp3) is 0.600. The van der Waals surface area contributed by atoms with Gasteiger partial charge in [-0.2, -0.15) is 5.26 Å². The van der Waals surface area contributed by atoms with E-state index in [4.69, 9.17) is 4.98 Å². The molecule has 0 saturated carbocycles. The van der Waals surface area contributed by atoms with Crippen molar-refractivity contribution in [3.05, 3.63) is 22.4 Å². The van der Waals surface area contributed by atoms with Crippen LogP contribution in [0.1, 0.15) is 49.1 Å². The third kappa shape index (κ3) is 2.54. The van der Waals surface area contributed by atoms with E-state index in [1.165, 1.54) is 29.7 Å². The number of nitriles is 1. The van der Waals surface area contributed by atoms with Crippen molar-refractivity contribution in [3.63, 3.8) is 0 Å². The van der Waals surface area contributed by atoms with E-state index in [-0.39, 0.29) is 0 Å². The molecule has 0 fully saturated rings. The standard InChI is InChI=1S/C15H20N2S/c1-10(2)8-12-11-6-4-5-7-14(11)17-15(18-3)13(12)9-16/h10H,4-8H2,1-3H3. The molecule has 0 saturated heterocycles. The molecular formula is C15H20N2S. The Morgan fingerprint density at radius 3 is 2.67 bits per heavy atom. The molecule has 1 aliphatic rings. The van der Waals surface area contributed by atoms with Crippen LogP contribution in [0.15, 0.2) is 5.03 Å². The van der Waals surface area contributed by atoms with Gasteiger partial charge in [-0.15, -0.1) is 11.8 Å². The first-order valence-corrected chi connectivity index (χ1v) is 7.88. The van der Waals surface area contributed by atoms with Crippen LogP contribution in [0.3, 0.4) is 0 Å². The Kier molecular flexibility index (Phi) is 4.29. The average molecular weight is 260 g/mol. The average Bonchev–Trinajstić information content (AvgIpc) is 2.37. The highest BCUT2D eigenvalue weighted by molar-refractivity contribution is 7.98. The monoisotopic (exact) mass is 260 g/mol. The molecule has 18 heavy (non-hydrogen) atoms. The number of aryl methyl sites for hydroxylation is 1. The van der Waals surface area contributed by atoms with Crippen LogP contribution in [0.2, 0.25) is 0 Å². The fourth-order valence-electron chi connectivity index (χ4n) is 2.69. The Bertz CT molecular complexity index is 486. The van der Waals surface area contributed by atoms with Crippen LogP contribution in [0.5, 0.6) is 0 Å². The van der Waals surface area contributed by atoms with Gasteiger partial charge in [0.25, 0.3) is 0 Å². The van der Waals surface area contributed by atoms with Gasteiger partial charge in [0.2, 0.25) is 0 Å². The van der Waals surface area contributed by atoms with Crippen LogP contribution in [-0.4, -0.2) is 11.2 Å². The number of thioether (sulfide) groups is 1. The molecule has 1 heterocycles. The summed E-state index contributed by atoms with van der Waals surface area (Å²) in [6, 6.07) is 2.39. The van der Waals surface area contributed by atoms with E-state index in [1.807, 2.05) is 6.26 Å². The van der Waals surface area contributed by atoms with E-state index >= 15 is 0 Å². The number of rotatable bonds is 3. The van der Waals surface area contributed by atoms with E-state index in [0.717, 1.165) is 29.9 Å². The van der Waals surface area contributed by atoms with Crippen molar-refractivity contribution >= 4 is 11.8 Å². The van der Waals surface area contributed by atoms with E-state index in [9.17, 15) is 5.26 Å². The lowest BCUT2D eigenvalue weighted by molar-refractivity contribution is 0.610. The second-order valence-electron chi connectivity index (χ2n) is 5.32. The van der Waals surface area contributed by atoms with Crippen LogP contribution in [-0.2, 0) is 19.3 Å². The molecule has 3 heteroatoms. The van der Waals surface area contributed by atoms with Gasteiger partial charge < -0.3 is 0 Å². The molecule has 0 atom stereocenters. The van der Waals surface area contributed by atoms with Gasteiger partial charge in [0.05, 0.1) is 5.56 Å². The smallest absolute Gasteiger partial charge is 0.114 e. The van der Waals surface area contributed by atoms with Gasteiger partial charge in [0.15, 0.2) is 0 Å². The Balaban J connectivity index is 2.60. The summed E-state index contributed by atoms with van der Waals surface area (Å²) in [6.45, 7) is 4.44. The Morgan fingerprint density at radius 2 is 2.06 bits per heavy atom. The van der Waals surface area contributed by atoms with Gasteiger partial charge >= 0.3 is 0 Å². The molecule has 96 valence electrons. The topological polar surface area (TPSA) is 36.7 Å². The lowest BCUT2D eigenvalue weighted by Gasteiger charge is -2.22. The van der Waals surface area contributed by atoms with Crippen LogP contribution in [0.4, 0.5) is 0 Å². The highest BCUT2D eigenvalue weighted by atomic mass is 32.2. The number of hydrogen-bond donors (Lipinski definition) is 0. The minimum absolute atomic E-state index is 0.584. The van der Waals surface area contributed by atoms with Gasteiger partial charge in [-0.05, 0) is 55.4 Å². The summed E-state index contributed by atoms with van der Waals surface area (Å²) in [6.07, 6.45) is 7.68. The Morgan fingerprint density at radius 1 is 1.33 bits per heavy atom. The zero-order valence-corrected chi connectivity index (χ0v) is 12.2. The molecule has 0 spiro atoms. The second kappa shape index (κ2) is 5.75. The van der Waals surface area contributed by atoms with E-state index in [2.05, 4.69) is 19.9 Å². The number of hydrogen-bond acceptors (Lipinski definition) is 3. The lowest BCUT2D eigenvalue weighted by atomic mass is 9.87. The first-order valence-electron chi connectivity index (χ1n) is 6.66. The van der Waals surface area contributed by atoms with Crippen molar-refractivity contribution in [1.29, 1.82) is 5.26 Å². The summed E-state index contributed by atoms with van der Waals surface area (Å²) in [4.78, 5) is 4.71. The second-order valence-corrected chi connectivity index (χ2v) is 6.11.